The fraction of sp³-hybridized carbons (Fsp3) is 0.350. The number of morpholine rings is 1. The third-order valence-corrected chi connectivity index (χ3v) is 5.64. The number of nitrogens with zero attached hydrogens (tertiary/aromatic N) is 1. The number of carbonyl (C=O) groups excluding carboxylic acids is 1. The Kier molecular flexibility index (Phi) is 6.02. The first-order valence-electron chi connectivity index (χ1n) is 8.98. The molecular weight excluding hydrogens is 380 g/mol. The maximum atomic E-state index is 12.8. The highest BCUT2D eigenvalue weighted by Gasteiger charge is 2.23. The van der Waals surface area contributed by atoms with Crippen LogP contribution in [0.15, 0.2) is 41.3 Å². The van der Waals surface area contributed by atoms with E-state index in [4.69, 9.17) is 14.6 Å². The van der Waals surface area contributed by atoms with E-state index in [1.807, 2.05) is 36.9 Å². The molecule has 28 heavy (non-hydrogen) atoms. The molecule has 8 heteroatoms. The molecule has 7 nitrogen and oxygen atoms in total. The van der Waals surface area contributed by atoms with E-state index in [1.54, 1.807) is 6.07 Å². The number of hydrogen-bond donors (Lipinski definition) is 1. The van der Waals surface area contributed by atoms with Crippen molar-refractivity contribution in [1.82, 2.24) is 0 Å². The van der Waals surface area contributed by atoms with Crippen LogP contribution in [0.2, 0.25) is 0 Å². The molecule has 0 radical (unpaired) electrons. The molecule has 0 aliphatic carbocycles. The maximum Gasteiger partial charge on any atom is 0.340 e. The predicted octanol–water partition coefficient (Wildman–Crippen LogP) is 2.14. The SMILES string of the molecule is Cc1ccc(C)c(COC(=O)c2cc(S(N)(=O)=O)ccc2N2CCOCC2)c1. The lowest BCUT2D eigenvalue weighted by Gasteiger charge is -2.30. The highest BCUT2D eigenvalue weighted by molar-refractivity contribution is 7.89. The Bertz CT molecular complexity index is 982. The van der Waals surface area contributed by atoms with Crippen molar-refractivity contribution in [1.29, 1.82) is 0 Å². The smallest absolute Gasteiger partial charge is 0.340 e. The van der Waals surface area contributed by atoms with E-state index >= 15 is 0 Å². The zero-order valence-electron chi connectivity index (χ0n) is 16.0. The minimum atomic E-state index is -3.94. The topological polar surface area (TPSA) is 98.9 Å². The number of aryl methyl sites for hydroxylation is 2. The Morgan fingerprint density at radius 2 is 1.86 bits per heavy atom. The largest absolute Gasteiger partial charge is 0.457 e. The van der Waals surface area contributed by atoms with Crippen molar-refractivity contribution in [3.05, 3.63) is 58.7 Å². The van der Waals surface area contributed by atoms with Crippen molar-refractivity contribution >= 4 is 21.7 Å². The van der Waals surface area contributed by atoms with E-state index in [0.717, 1.165) is 16.7 Å². The summed E-state index contributed by atoms with van der Waals surface area (Å²) in [5.74, 6) is -0.590. The fourth-order valence-corrected chi connectivity index (χ4v) is 3.65. The number of benzene rings is 2. The monoisotopic (exact) mass is 404 g/mol. The van der Waals surface area contributed by atoms with Gasteiger partial charge in [-0.05, 0) is 43.2 Å². The molecule has 2 aromatic carbocycles. The van der Waals surface area contributed by atoms with Gasteiger partial charge in [0, 0.05) is 13.1 Å². The number of sulfonamides is 1. The Morgan fingerprint density at radius 3 is 2.54 bits per heavy atom. The van der Waals surface area contributed by atoms with Crippen LogP contribution in [0.4, 0.5) is 5.69 Å². The molecule has 1 fully saturated rings. The Labute approximate surface area is 165 Å². The molecule has 0 atom stereocenters. The molecule has 0 aromatic heterocycles. The average molecular weight is 404 g/mol. The summed E-state index contributed by atoms with van der Waals surface area (Å²) >= 11 is 0. The van der Waals surface area contributed by atoms with Gasteiger partial charge in [-0.3, -0.25) is 0 Å². The first-order chi connectivity index (χ1) is 13.3. The molecule has 1 aliphatic heterocycles. The number of ether oxygens (including phenoxy) is 2. The van der Waals surface area contributed by atoms with Gasteiger partial charge in [0.1, 0.15) is 6.61 Å². The third-order valence-electron chi connectivity index (χ3n) is 4.73. The molecule has 0 spiro atoms. The molecule has 150 valence electrons. The second kappa shape index (κ2) is 8.30. The zero-order valence-corrected chi connectivity index (χ0v) is 16.8. The van der Waals surface area contributed by atoms with Crippen LogP contribution in [0.3, 0.4) is 0 Å². The Balaban J connectivity index is 1.90. The second-order valence-electron chi connectivity index (χ2n) is 6.83. The van der Waals surface area contributed by atoms with E-state index in [1.165, 1.54) is 12.1 Å². The van der Waals surface area contributed by atoms with Crippen LogP contribution >= 0.6 is 0 Å². The lowest BCUT2D eigenvalue weighted by molar-refractivity contribution is 0.0471. The van der Waals surface area contributed by atoms with E-state index in [9.17, 15) is 13.2 Å². The first-order valence-corrected chi connectivity index (χ1v) is 10.5. The molecule has 0 saturated carbocycles. The minimum absolute atomic E-state index is 0.106. The molecule has 1 heterocycles. The van der Waals surface area contributed by atoms with Crippen molar-refractivity contribution in [2.45, 2.75) is 25.3 Å². The van der Waals surface area contributed by atoms with Crippen LogP contribution in [0.25, 0.3) is 0 Å². The second-order valence-corrected chi connectivity index (χ2v) is 8.39. The third kappa shape index (κ3) is 4.70. The van der Waals surface area contributed by atoms with Gasteiger partial charge < -0.3 is 14.4 Å². The molecule has 0 bridgehead atoms. The van der Waals surface area contributed by atoms with Gasteiger partial charge in [0.15, 0.2) is 0 Å². The van der Waals surface area contributed by atoms with Crippen LogP contribution in [0, 0.1) is 13.8 Å². The summed E-state index contributed by atoms with van der Waals surface area (Å²) in [4.78, 5) is 14.7. The van der Waals surface area contributed by atoms with Gasteiger partial charge in [-0.15, -0.1) is 0 Å². The number of primary sulfonamides is 1. The summed E-state index contributed by atoms with van der Waals surface area (Å²) in [6, 6.07) is 10.2. The molecule has 1 saturated heterocycles. The van der Waals surface area contributed by atoms with Crippen molar-refractivity contribution in [2.24, 2.45) is 5.14 Å². The van der Waals surface area contributed by atoms with Gasteiger partial charge in [-0.25, -0.2) is 18.4 Å². The number of hydrogen-bond acceptors (Lipinski definition) is 6. The van der Waals surface area contributed by atoms with Crippen molar-refractivity contribution in [3.63, 3.8) is 0 Å². The number of rotatable bonds is 5. The average Bonchev–Trinajstić information content (AvgIpc) is 2.68. The first kappa shape index (κ1) is 20.3. The minimum Gasteiger partial charge on any atom is -0.457 e. The van der Waals surface area contributed by atoms with Crippen molar-refractivity contribution < 1.29 is 22.7 Å². The Morgan fingerprint density at radius 1 is 1.14 bits per heavy atom. The number of anilines is 1. The quantitative estimate of drug-likeness (QED) is 0.767. The van der Waals surface area contributed by atoms with E-state index < -0.39 is 16.0 Å². The van der Waals surface area contributed by atoms with E-state index in [0.29, 0.717) is 32.0 Å². The number of carbonyl (C=O) groups is 1. The molecule has 2 aromatic rings. The van der Waals surface area contributed by atoms with E-state index in [-0.39, 0.29) is 17.1 Å². The highest BCUT2D eigenvalue weighted by Crippen LogP contribution is 2.26. The molecular formula is C20H24N2O5S. The normalized spacial score (nSPS) is 14.8. The Hall–Kier alpha value is -2.42. The van der Waals surface area contributed by atoms with Gasteiger partial charge in [0.05, 0.1) is 29.4 Å². The van der Waals surface area contributed by atoms with Crippen LogP contribution in [-0.2, 0) is 26.1 Å². The molecule has 1 aliphatic rings. The number of nitrogens with two attached hydrogens (primary N) is 1. The standard InChI is InChI=1S/C20H24N2O5S/c1-14-3-4-15(2)16(11-14)13-27-20(23)18-12-17(28(21,24)25)5-6-19(18)22-7-9-26-10-8-22/h3-6,11-12H,7-10,13H2,1-2H3,(H2,21,24,25). The summed E-state index contributed by atoms with van der Waals surface area (Å²) in [7, 11) is -3.94. The van der Waals surface area contributed by atoms with Crippen LogP contribution < -0.4 is 10.0 Å². The summed E-state index contributed by atoms with van der Waals surface area (Å²) in [5.41, 5.74) is 3.79. The fourth-order valence-electron chi connectivity index (χ4n) is 3.11. The van der Waals surface area contributed by atoms with Gasteiger partial charge in [0.25, 0.3) is 0 Å². The maximum absolute atomic E-state index is 12.8. The molecule has 0 unspecified atom stereocenters. The van der Waals surface area contributed by atoms with Gasteiger partial charge in [-0.1, -0.05) is 23.8 Å². The van der Waals surface area contributed by atoms with E-state index in [2.05, 4.69) is 0 Å². The van der Waals surface area contributed by atoms with Gasteiger partial charge >= 0.3 is 5.97 Å². The molecule has 0 amide bonds. The van der Waals surface area contributed by atoms with Crippen molar-refractivity contribution in [2.75, 3.05) is 31.2 Å². The molecule has 3 rings (SSSR count). The van der Waals surface area contributed by atoms with Crippen LogP contribution in [0.5, 0.6) is 0 Å². The lowest BCUT2D eigenvalue weighted by Crippen LogP contribution is -2.37. The van der Waals surface area contributed by atoms with Crippen LogP contribution in [-0.4, -0.2) is 40.7 Å². The lowest BCUT2D eigenvalue weighted by atomic mass is 10.1. The highest BCUT2D eigenvalue weighted by atomic mass is 32.2. The summed E-state index contributed by atoms with van der Waals surface area (Å²) < 4.78 is 34.4. The molecule has 2 N–H and O–H groups in total. The predicted molar refractivity (Wildman–Crippen MR) is 106 cm³/mol. The summed E-state index contributed by atoms with van der Waals surface area (Å²) in [5, 5.41) is 5.24. The van der Waals surface area contributed by atoms with Gasteiger partial charge in [-0.2, -0.15) is 0 Å². The van der Waals surface area contributed by atoms with Gasteiger partial charge in [0.2, 0.25) is 10.0 Å². The summed E-state index contributed by atoms with van der Waals surface area (Å²) in [6.07, 6.45) is 0. The zero-order chi connectivity index (χ0) is 20.3. The van der Waals surface area contributed by atoms with Crippen LogP contribution in [0.1, 0.15) is 27.0 Å². The van der Waals surface area contributed by atoms with Crippen molar-refractivity contribution in [3.8, 4) is 0 Å². The number of esters is 1. The summed E-state index contributed by atoms with van der Waals surface area (Å²) in [6.45, 7) is 6.30.